The van der Waals surface area contributed by atoms with Gasteiger partial charge in [0, 0.05) is 21.2 Å². The van der Waals surface area contributed by atoms with E-state index in [1.165, 1.54) is 4.90 Å². The molecule has 2 saturated heterocycles. The predicted octanol–water partition coefficient (Wildman–Crippen LogP) is 2.38. The molecule has 0 aromatic carbocycles. The van der Waals surface area contributed by atoms with Crippen molar-refractivity contribution in [3.63, 3.8) is 0 Å². The summed E-state index contributed by atoms with van der Waals surface area (Å²) in [6, 6.07) is 0. The summed E-state index contributed by atoms with van der Waals surface area (Å²) in [7, 11) is 0. The molecule has 0 N–H and O–H groups in total. The maximum atomic E-state index is 13.8. The van der Waals surface area contributed by atoms with Crippen LogP contribution in [0.2, 0.25) is 0 Å². The molecular formula is C12H22FNO. The van der Waals surface area contributed by atoms with Crippen LogP contribution in [0.25, 0.3) is 0 Å². The Morgan fingerprint density at radius 2 is 2.40 bits per heavy atom. The number of ether oxygens (including phenoxy) is 1. The van der Waals surface area contributed by atoms with Crippen molar-refractivity contribution in [3.8, 4) is 0 Å². The molecule has 0 amide bonds. The molecule has 2 aliphatic heterocycles. The zero-order chi connectivity index (χ0) is 14.7. The number of halogens is 1. The lowest BCUT2D eigenvalue weighted by Crippen LogP contribution is -2.44. The number of rotatable bonds is 2. The Morgan fingerprint density at radius 1 is 1.67 bits per heavy atom. The van der Waals surface area contributed by atoms with Gasteiger partial charge >= 0.3 is 0 Å². The second kappa shape index (κ2) is 3.70. The fourth-order valence-corrected chi connectivity index (χ4v) is 2.16. The Morgan fingerprint density at radius 3 is 3.07 bits per heavy atom. The minimum absolute atomic E-state index is 0.00437. The van der Waals surface area contributed by atoms with Crippen LogP contribution in [0.1, 0.15) is 45.5 Å². The van der Waals surface area contributed by atoms with Gasteiger partial charge in [-0.3, -0.25) is 4.90 Å². The molecule has 2 nitrogen and oxygen atoms in total. The average Bonchev–Trinajstić information content (AvgIpc) is 2.61. The standard InChI is InChI=1S/C12H22FNO/c1-11(2,3)15-9-12-5-4-6-14(12)8-10(13)7-12/h10H,4-9H2,1-3H3/t10-,12+/m1/s1/i6D2,9D2. The molecule has 2 rings (SSSR count). The summed E-state index contributed by atoms with van der Waals surface area (Å²) in [5, 5.41) is 0. The maximum Gasteiger partial charge on any atom is 0.115 e. The van der Waals surface area contributed by atoms with Gasteiger partial charge in [-0.25, -0.2) is 4.39 Å². The molecule has 0 aromatic rings. The van der Waals surface area contributed by atoms with E-state index in [-0.39, 0.29) is 25.8 Å². The number of nitrogens with zero attached hydrogens (tertiary/aromatic N) is 1. The van der Waals surface area contributed by atoms with Crippen molar-refractivity contribution in [1.29, 1.82) is 0 Å². The second-order valence-electron chi connectivity index (χ2n) is 5.42. The molecule has 2 heterocycles. The van der Waals surface area contributed by atoms with Gasteiger partial charge in [-0.2, -0.15) is 0 Å². The molecule has 0 radical (unpaired) electrons. The van der Waals surface area contributed by atoms with Gasteiger partial charge < -0.3 is 4.74 Å². The lowest BCUT2D eigenvalue weighted by Gasteiger charge is -2.34. The van der Waals surface area contributed by atoms with E-state index in [0.717, 1.165) is 0 Å². The van der Waals surface area contributed by atoms with Gasteiger partial charge in [-0.15, -0.1) is 0 Å². The van der Waals surface area contributed by atoms with E-state index in [1.54, 1.807) is 20.8 Å². The van der Waals surface area contributed by atoms with Crippen LogP contribution in [0, 0.1) is 0 Å². The summed E-state index contributed by atoms with van der Waals surface area (Å²) in [5.41, 5.74) is -1.89. The van der Waals surface area contributed by atoms with Gasteiger partial charge in [0.05, 0.1) is 14.9 Å². The first-order valence-corrected chi connectivity index (χ1v) is 5.52. The van der Waals surface area contributed by atoms with Crippen LogP contribution in [0.4, 0.5) is 4.39 Å². The van der Waals surface area contributed by atoms with Crippen LogP contribution in [-0.2, 0) is 4.74 Å². The summed E-state index contributed by atoms with van der Waals surface area (Å²) in [4.78, 5) is 1.34. The third kappa shape index (κ3) is 2.34. The Bertz CT molecular complexity index is 371. The maximum absolute atomic E-state index is 13.8. The fraction of sp³-hybridized carbons (Fsp3) is 1.00. The Labute approximate surface area is 97.4 Å². The zero-order valence-corrected chi connectivity index (χ0v) is 9.64. The summed E-state index contributed by atoms with van der Waals surface area (Å²) in [6.45, 7) is 1.46. The minimum Gasteiger partial charge on any atom is -0.374 e. The Kier molecular flexibility index (Phi) is 1.78. The molecule has 2 atom stereocenters. The highest BCUT2D eigenvalue weighted by atomic mass is 19.1. The molecule has 0 aliphatic carbocycles. The van der Waals surface area contributed by atoms with Crippen molar-refractivity contribution in [2.45, 2.75) is 57.3 Å². The van der Waals surface area contributed by atoms with E-state index >= 15 is 0 Å². The van der Waals surface area contributed by atoms with Crippen molar-refractivity contribution >= 4 is 0 Å². The van der Waals surface area contributed by atoms with Crippen molar-refractivity contribution < 1.29 is 14.6 Å². The average molecular weight is 219 g/mol. The summed E-state index contributed by atoms with van der Waals surface area (Å²) >= 11 is 0. The number of alkyl halides is 1. The van der Waals surface area contributed by atoms with Gasteiger partial charge in [-0.05, 0) is 40.1 Å². The molecule has 2 fully saturated rings. The van der Waals surface area contributed by atoms with Crippen LogP contribution in [0.15, 0.2) is 0 Å². The van der Waals surface area contributed by atoms with Gasteiger partial charge in [0.2, 0.25) is 0 Å². The third-order valence-electron chi connectivity index (χ3n) is 2.84. The summed E-state index contributed by atoms with van der Waals surface area (Å²) in [6.07, 6.45) is -0.708. The monoisotopic (exact) mass is 219 g/mol. The molecule has 3 heteroatoms. The van der Waals surface area contributed by atoms with Crippen molar-refractivity contribution in [3.05, 3.63) is 0 Å². The van der Waals surface area contributed by atoms with Crippen LogP contribution in [-0.4, -0.2) is 41.8 Å². The van der Waals surface area contributed by atoms with Crippen LogP contribution >= 0.6 is 0 Å². The van der Waals surface area contributed by atoms with Crippen molar-refractivity contribution in [1.82, 2.24) is 4.90 Å². The van der Waals surface area contributed by atoms with Crippen LogP contribution in [0.5, 0.6) is 0 Å². The first-order valence-electron chi connectivity index (χ1n) is 7.52. The number of hydrogen-bond donors (Lipinski definition) is 0. The zero-order valence-electron chi connectivity index (χ0n) is 13.6. The van der Waals surface area contributed by atoms with Gasteiger partial charge in [0.15, 0.2) is 0 Å². The smallest absolute Gasteiger partial charge is 0.115 e. The van der Waals surface area contributed by atoms with Crippen LogP contribution < -0.4 is 0 Å². The van der Waals surface area contributed by atoms with Gasteiger partial charge in [0.25, 0.3) is 0 Å². The number of hydrogen-bond acceptors (Lipinski definition) is 2. The quantitative estimate of drug-likeness (QED) is 0.707. The number of fused-ring (bicyclic) bond motifs is 1. The lowest BCUT2D eigenvalue weighted by molar-refractivity contribution is -0.0525. The summed E-state index contributed by atoms with van der Waals surface area (Å²) in [5.74, 6) is 0. The molecule has 0 spiro atoms. The molecular weight excluding hydrogens is 193 g/mol. The highest BCUT2D eigenvalue weighted by molar-refractivity contribution is 5.03. The van der Waals surface area contributed by atoms with E-state index in [9.17, 15) is 4.39 Å². The normalized spacial score (nSPS) is 45.5. The van der Waals surface area contributed by atoms with Gasteiger partial charge in [0.1, 0.15) is 6.17 Å². The predicted molar refractivity (Wildman–Crippen MR) is 58.8 cm³/mol. The fourth-order valence-electron chi connectivity index (χ4n) is 2.16. The van der Waals surface area contributed by atoms with Crippen molar-refractivity contribution in [2.75, 3.05) is 19.6 Å². The first-order chi connectivity index (χ1) is 8.40. The molecule has 0 unspecified atom stereocenters. The van der Waals surface area contributed by atoms with E-state index in [4.69, 9.17) is 10.2 Å². The highest BCUT2D eigenvalue weighted by Crippen LogP contribution is 2.40. The Balaban J connectivity index is 2.35. The van der Waals surface area contributed by atoms with E-state index in [2.05, 4.69) is 0 Å². The topological polar surface area (TPSA) is 12.5 Å². The van der Waals surface area contributed by atoms with E-state index in [0.29, 0.717) is 0 Å². The van der Waals surface area contributed by atoms with E-state index < -0.39 is 30.4 Å². The van der Waals surface area contributed by atoms with Crippen LogP contribution in [0.3, 0.4) is 0 Å². The van der Waals surface area contributed by atoms with Gasteiger partial charge in [-0.1, -0.05) is 0 Å². The highest BCUT2D eigenvalue weighted by Gasteiger charge is 2.49. The molecule has 2 aliphatic rings. The summed E-state index contributed by atoms with van der Waals surface area (Å²) < 4.78 is 51.6. The molecule has 0 aromatic heterocycles. The molecule has 15 heavy (non-hydrogen) atoms. The van der Waals surface area contributed by atoms with Crippen molar-refractivity contribution in [2.24, 2.45) is 0 Å². The SMILES string of the molecule is [2H]C1([2H])CC[C@@]2(C([2H])([2H])OC(C)(C)C)C[C@@H](F)CN12. The largest absolute Gasteiger partial charge is 0.374 e. The first kappa shape index (κ1) is 7.23. The second-order valence-corrected chi connectivity index (χ2v) is 5.42. The minimum atomic E-state index is -2.07. The van der Waals surface area contributed by atoms with E-state index in [1.807, 2.05) is 0 Å². The molecule has 0 saturated carbocycles. The molecule has 88 valence electrons. The third-order valence-corrected chi connectivity index (χ3v) is 2.84. The molecule has 0 bridgehead atoms. The Hall–Kier alpha value is -0.150. The lowest BCUT2D eigenvalue weighted by atomic mass is 9.94.